The Kier molecular flexibility index (Phi) is 4.52. The minimum Gasteiger partial charge on any atom is -0.478 e. The molecule has 0 saturated heterocycles. The number of hydrogen-bond acceptors (Lipinski definition) is 4. The summed E-state index contributed by atoms with van der Waals surface area (Å²) in [5, 5.41) is 21.5. The van der Waals surface area contributed by atoms with Gasteiger partial charge in [-0.25, -0.2) is 9.18 Å². The highest BCUT2D eigenvalue weighted by Crippen LogP contribution is 2.20. The van der Waals surface area contributed by atoms with Crippen LogP contribution in [0.25, 0.3) is 0 Å². The van der Waals surface area contributed by atoms with Crippen LogP contribution in [0.1, 0.15) is 13.8 Å². The quantitative estimate of drug-likeness (QED) is 0.499. The molecule has 8 heteroatoms. The number of nitrogens with one attached hydrogen (secondary N) is 1. The van der Waals surface area contributed by atoms with Gasteiger partial charge in [-0.1, -0.05) is 0 Å². The Hall–Kier alpha value is -2.77. The average molecular weight is 282 g/mol. The number of carboxylic acid groups (broad SMARTS) is 1. The summed E-state index contributed by atoms with van der Waals surface area (Å²) >= 11 is 0. The van der Waals surface area contributed by atoms with Crippen LogP contribution in [0.3, 0.4) is 0 Å². The second-order valence-electron chi connectivity index (χ2n) is 3.96. The molecule has 0 aliphatic rings. The average Bonchev–Trinajstić information content (AvgIpc) is 2.35. The highest BCUT2D eigenvalue weighted by Gasteiger charge is 2.15. The lowest BCUT2D eigenvalue weighted by Gasteiger charge is -2.07. The highest BCUT2D eigenvalue weighted by molar-refractivity contribution is 6.08. The van der Waals surface area contributed by atoms with Crippen molar-refractivity contribution in [3.63, 3.8) is 0 Å². The van der Waals surface area contributed by atoms with Crippen LogP contribution in [0.4, 0.5) is 15.8 Å². The van der Waals surface area contributed by atoms with Crippen LogP contribution in [0.2, 0.25) is 0 Å². The van der Waals surface area contributed by atoms with Crippen LogP contribution in [0, 0.1) is 15.9 Å². The van der Waals surface area contributed by atoms with Crippen LogP contribution in [0.15, 0.2) is 29.3 Å². The highest BCUT2D eigenvalue weighted by atomic mass is 19.1. The van der Waals surface area contributed by atoms with E-state index in [1.807, 2.05) is 0 Å². The van der Waals surface area contributed by atoms with E-state index in [1.54, 1.807) is 0 Å². The van der Waals surface area contributed by atoms with E-state index in [1.165, 1.54) is 13.8 Å². The SMILES string of the molecule is C/C(C(=O)O)=C(/C)C(=O)Nc1cc(F)cc([N+](=O)[O-])c1. The molecule has 0 atom stereocenters. The molecular formula is C12H11FN2O5. The molecule has 1 aromatic rings. The Morgan fingerprint density at radius 2 is 1.85 bits per heavy atom. The molecule has 106 valence electrons. The Bertz CT molecular complexity index is 624. The normalized spacial score (nSPS) is 11.6. The smallest absolute Gasteiger partial charge is 0.331 e. The first-order chi connectivity index (χ1) is 9.22. The van der Waals surface area contributed by atoms with E-state index in [0.29, 0.717) is 6.07 Å². The standard InChI is InChI=1S/C12H11FN2O5/c1-6(7(2)12(17)18)11(16)14-9-3-8(13)4-10(5-9)15(19)20/h3-5H,1-2H3,(H,14,16)(H,17,18)/b7-6+. The molecule has 1 rings (SSSR count). The van der Waals surface area contributed by atoms with Crippen molar-refractivity contribution in [3.05, 3.63) is 45.3 Å². The van der Waals surface area contributed by atoms with Crippen molar-refractivity contribution in [1.29, 1.82) is 0 Å². The fraction of sp³-hybridized carbons (Fsp3) is 0.167. The van der Waals surface area contributed by atoms with E-state index < -0.39 is 28.3 Å². The maximum atomic E-state index is 13.2. The van der Waals surface area contributed by atoms with Gasteiger partial charge in [0.25, 0.3) is 11.6 Å². The maximum Gasteiger partial charge on any atom is 0.331 e. The molecule has 0 bridgehead atoms. The number of aliphatic carboxylic acids is 1. The fourth-order valence-corrected chi connectivity index (χ4v) is 1.31. The van der Waals surface area contributed by atoms with Crippen molar-refractivity contribution in [2.45, 2.75) is 13.8 Å². The molecule has 0 aliphatic heterocycles. The number of carbonyl (C=O) groups is 2. The third-order valence-corrected chi connectivity index (χ3v) is 2.58. The summed E-state index contributed by atoms with van der Waals surface area (Å²) < 4.78 is 13.2. The molecule has 0 unspecified atom stereocenters. The summed E-state index contributed by atoms with van der Waals surface area (Å²) in [6.07, 6.45) is 0. The number of rotatable bonds is 4. The number of anilines is 1. The summed E-state index contributed by atoms with van der Waals surface area (Å²) in [6, 6.07) is 2.58. The molecule has 20 heavy (non-hydrogen) atoms. The molecule has 1 amide bonds. The van der Waals surface area contributed by atoms with Gasteiger partial charge in [0.2, 0.25) is 0 Å². The first kappa shape index (κ1) is 15.3. The predicted octanol–water partition coefficient (Wildman–Crippen LogP) is 2.09. The van der Waals surface area contributed by atoms with Crippen molar-refractivity contribution in [2.75, 3.05) is 5.32 Å². The molecule has 0 aliphatic carbocycles. The van der Waals surface area contributed by atoms with Gasteiger partial charge in [0.15, 0.2) is 0 Å². The molecular weight excluding hydrogens is 271 g/mol. The molecule has 0 heterocycles. The van der Waals surface area contributed by atoms with Gasteiger partial charge in [-0.15, -0.1) is 0 Å². The van der Waals surface area contributed by atoms with E-state index >= 15 is 0 Å². The predicted molar refractivity (Wildman–Crippen MR) is 67.7 cm³/mol. The molecule has 0 spiro atoms. The lowest BCUT2D eigenvalue weighted by Crippen LogP contribution is -2.16. The largest absolute Gasteiger partial charge is 0.478 e. The second-order valence-corrected chi connectivity index (χ2v) is 3.96. The third kappa shape index (κ3) is 3.61. The van der Waals surface area contributed by atoms with Crippen molar-refractivity contribution < 1.29 is 24.0 Å². The maximum absolute atomic E-state index is 13.2. The molecule has 1 aromatic carbocycles. The summed E-state index contributed by atoms with van der Waals surface area (Å²) in [5.41, 5.74) is -0.894. The first-order valence-corrected chi connectivity index (χ1v) is 5.39. The summed E-state index contributed by atoms with van der Waals surface area (Å²) in [7, 11) is 0. The van der Waals surface area contributed by atoms with Crippen molar-refractivity contribution in [3.8, 4) is 0 Å². The first-order valence-electron chi connectivity index (χ1n) is 5.39. The minimum absolute atomic E-state index is 0.0792. The molecule has 2 N–H and O–H groups in total. The van der Waals surface area contributed by atoms with Crippen LogP contribution >= 0.6 is 0 Å². The molecule has 0 fully saturated rings. The van der Waals surface area contributed by atoms with Crippen molar-refractivity contribution >= 4 is 23.3 Å². The van der Waals surface area contributed by atoms with Gasteiger partial charge in [-0.3, -0.25) is 14.9 Å². The van der Waals surface area contributed by atoms with Crippen LogP contribution in [-0.4, -0.2) is 21.9 Å². The van der Waals surface area contributed by atoms with E-state index in [-0.39, 0.29) is 16.8 Å². The number of halogens is 1. The van der Waals surface area contributed by atoms with Crippen LogP contribution in [0.5, 0.6) is 0 Å². The summed E-state index contributed by atoms with van der Waals surface area (Å²) in [5.74, 6) is -2.92. The number of carboxylic acids is 1. The zero-order valence-electron chi connectivity index (χ0n) is 10.6. The van der Waals surface area contributed by atoms with Gasteiger partial charge in [0.1, 0.15) is 5.82 Å². The Balaban J connectivity index is 3.05. The zero-order chi connectivity index (χ0) is 15.4. The van der Waals surface area contributed by atoms with Gasteiger partial charge in [0.05, 0.1) is 16.7 Å². The number of benzene rings is 1. The van der Waals surface area contributed by atoms with Crippen molar-refractivity contribution in [1.82, 2.24) is 0 Å². The van der Waals surface area contributed by atoms with Crippen LogP contribution < -0.4 is 5.32 Å². The molecule has 0 radical (unpaired) electrons. The minimum atomic E-state index is -1.26. The van der Waals surface area contributed by atoms with Gasteiger partial charge in [0, 0.05) is 17.2 Å². The number of nitrogens with zero attached hydrogens (tertiary/aromatic N) is 1. The number of amides is 1. The van der Waals surface area contributed by atoms with Gasteiger partial charge in [-0.05, 0) is 19.9 Å². The Morgan fingerprint density at radius 1 is 1.25 bits per heavy atom. The number of nitro groups is 1. The number of hydrogen-bond donors (Lipinski definition) is 2. The zero-order valence-corrected chi connectivity index (χ0v) is 10.6. The Labute approximate surface area is 112 Å². The van der Waals surface area contributed by atoms with E-state index in [2.05, 4.69) is 5.32 Å². The fourth-order valence-electron chi connectivity index (χ4n) is 1.31. The van der Waals surface area contributed by atoms with E-state index in [9.17, 15) is 24.1 Å². The van der Waals surface area contributed by atoms with Crippen LogP contribution in [-0.2, 0) is 9.59 Å². The topological polar surface area (TPSA) is 110 Å². The van der Waals surface area contributed by atoms with Crippen molar-refractivity contribution in [2.24, 2.45) is 0 Å². The molecule has 7 nitrogen and oxygen atoms in total. The molecule has 0 aromatic heterocycles. The van der Waals surface area contributed by atoms with Gasteiger partial charge < -0.3 is 10.4 Å². The summed E-state index contributed by atoms with van der Waals surface area (Å²) in [6.45, 7) is 2.53. The number of non-ortho nitro benzene ring substituents is 1. The number of carbonyl (C=O) groups excluding carboxylic acids is 1. The molecule has 0 saturated carbocycles. The Morgan fingerprint density at radius 3 is 2.35 bits per heavy atom. The van der Waals surface area contributed by atoms with E-state index in [0.717, 1.165) is 12.1 Å². The number of nitro benzene ring substituents is 1. The lowest BCUT2D eigenvalue weighted by atomic mass is 10.1. The third-order valence-electron chi connectivity index (χ3n) is 2.58. The second kappa shape index (κ2) is 5.91. The van der Waals surface area contributed by atoms with Gasteiger partial charge >= 0.3 is 5.97 Å². The lowest BCUT2D eigenvalue weighted by molar-refractivity contribution is -0.385. The summed E-state index contributed by atoms with van der Waals surface area (Å²) in [4.78, 5) is 32.2. The van der Waals surface area contributed by atoms with Gasteiger partial charge in [-0.2, -0.15) is 0 Å². The van der Waals surface area contributed by atoms with E-state index in [4.69, 9.17) is 5.11 Å². The monoisotopic (exact) mass is 282 g/mol.